The summed E-state index contributed by atoms with van der Waals surface area (Å²) in [6.07, 6.45) is -4.57. The van der Waals surface area contributed by atoms with Crippen LogP contribution in [-0.2, 0) is 16.3 Å². The molecule has 0 aliphatic rings. The molecule has 1 N–H and O–H groups in total. The summed E-state index contributed by atoms with van der Waals surface area (Å²) in [6.45, 7) is 0. The minimum Gasteiger partial charge on any atom is -0.379 e. The smallest absolute Gasteiger partial charge is 0.379 e. The third kappa shape index (κ3) is 5.15. The molecule has 4 rings (SSSR count). The highest BCUT2D eigenvalue weighted by Crippen LogP contribution is 2.30. The Morgan fingerprint density at radius 3 is 2.06 bits per heavy atom. The van der Waals surface area contributed by atoms with E-state index < -0.39 is 26.8 Å². The second kappa shape index (κ2) is 8.59. The molecule has 168 valence electrons. The van der Waals surface area contributed by atoms with Gasteiger partial charge in [-0.15, -0.1) is 0 Å². The molecule has 9 heteroatoms. The van der Waals surface area contributed by atoms with Crippen LogP contribution in [0.3, 0.4) is 0 Å². The van der Waals surface area contributed by atoms with Crippen LogP contribution >= 0.6 is 0 Å². The summed E-state index contributed by atoms with van der Waals surface area (Å²) in [6, 6.07) is 21.5. The Hall–Kier alpha value is -3.85. The molecule has 0 bridgehead atoms. The maximum Gasteiger partial charge on any atom is 0.416 e. The fraction of sp³-hybridized carbons (Fsp3) is 0.0417. The van der Waals surface area contributed by atoms with E-state index in [9.17, 15) is 26.4 Å². The van der Waals surface area contributed by atoms with Crippen LogP contribution in [0.4, 0.5) is 18.9 Å². The summed E-state index contributed by atoms with van der Waals surface area (Å²) in [5.74, 6) is -0.398. The van der Waals surface area contributed by atoms with Crippen LogP contribution in [0.2, 0.25) is 0 Å². The molecule has 0 atom stereocenters. The molecule has 0 aliphatic carbocycles. The van der Waals surface area contributed by atoms with Gasteiger partial charge in [0.25, 0.3) is 5.91 Å². The van der Waals surface area contributed by atoms with Crippen molar-refractivity contribution in [2.24, 2.45) is 0 Å². The third-order valence-corrected chi connectivity index (χ3v) is 6.06. The first-order chi connectivity index (χ1) is 15.6. The number of carbonyl (C=O) groups is 1. The highest BCUT2D eigenvalue weighted by atomic mass is 32.2. The molecule has 0 aliphatic heterocycles. The Bertz CT molecular complexity index is 1420. The largest absolute Gasteiger partial charge is 0.416 e. The van der Waals surface area contributed by atoms with E-state index in [1.807, 2.05) is 30.3 Å². The molecule has 0 aromatic heterocycles. The fourth-order valence-electron chi connectivity index (χ4n) is 3.11. The van der Waals surface area contributed by atoms with Crippen molar-refractivity contribution < 1.29 is 30.6 Å². The quantitative estimate of drug-likeness (QED) is 0.369. The van der Waals surface area contributed by atoms with E-state index in [1.54, 1.807) is 12.1 Å². The zero-order valence-corrected chi connectivity index (χ0v) is 17.7. The first-order valence-electron chi connectivity index (χ1n) is 9.64. The lowest BCUT2D eigenvalue weighted by Gasteiger charge is -2.10. The molecule has 0 saturated carbocycles. The minimum atomic E-state index is -4.57. The molecule has 1 amide bonds. The molecule has 33 heavy (non-hydrogen) atoms. The molecule has 0 unspecified atom stereocenters. The van der Waals surface area contributed by atoms with E-state index in [4.69, 9.17) is 4.18 Å². The maximum absolute atomic E-state index is 12.7. The van der Waals surface area contributed by atoms with E-state index in [2.05, 4.69) is 5.32 Å². The van der Waals surface area contributed by atoms with Crippen molar-refractivity contribution in [3.63, 3.8) is 0 Å². The van der Waals surface area contributed by atoms with Crippen molar-refractivity contribution in [3.05, 3.63) is 102 Å². The number of anilines is 1. The van der Waals surface area contributed by atoms with E-state index in [0.717, 1.165) is 22.9 Å². The zero-order chi connectivity index (χ0) is 23.6. The summed E-state index contributed by atoms with van der Waals surface area (Å²) in [5.41, 5.74) is -0.0979. The van der Waals surface area contributed by atoms with E-state index >= 15 is 0 Å². The number of amides is 1. The molecular formula is C24H16F3NO4S. The zero-order valence-electron chi connectivity index (χ0n) is 16.8. The Morgan fingerprint density at radius 2 is 1.42 bits per heavy atom. The van der Waals surface area contributed by atoms with Gasteiger partial charge in [0, 0.05) is 11.3 Å². The number of fused-ring (bicyclic) bond motifs is 1. The van der Waals surface area contributed by atoms with Crippen molar-refractivity contribution in [2.45, 2.75) is 11.1 Å². The standard InChI is InChI=1S/C24H16F3NO4S/c25-24(26,27)19-7-13-22(14-8-19)33(30,31)32-21-11-9-20(10-12-21)28-23(29)18-6-5-16-3-1-2-4-17(16)15-18/h1-15H,(H,28,29). The molecule has 0 radical (unpaired) electrons. The van der Waals surface area contributed by atoms with Crippen LogP contribution in [0.15, 0.2) is 95.9 Å². The van der Waals surface area contributed by atoms with Crippen LogP contribution in [0.1, 0.15) is 15.9 Å². The average molecular weight is 471 g/mol. The number of rotatable bonds is 5. The first kappa shape index (κ1) is 22.3. The number of hydrogen-bond donors (Lipinski definition) is 1. The maximum atomic E-state index is 12.7. The molecule has 0 heterocycles. The Morgan fingerprint density at radius 1 is 0.788 bits per heavy atom. The second-order valence-corrected chi connectivity index (χ2v) is 8.65. The van der Waals surface area contributed by atoms with Gasteiger partial charge in [-0.05, 0) is 71.4 Å². The van der Waals surface area contributed by atoms with Gasteiger partial charge < -0.3 is 9.50 Å². The Balaban J connectivity index is 1.44. The third-order valence-electron chi connectivity index (χ3n) is 4.80. The minimum absolute atomic E-state index is 0.0568. The van der Waals surface area contributed by atoms with Gasteiger partial charge in [-0.1, -0.05) is 30.3 Å². The highest BCUT2D eigenvalue weighted by molar-refractivity contribution is 7.87. The monoisotopic (exact) mass is 471 g/mol. The summed E-state index contributed by atoms with van der Waals surface area (Å²) in [7, 11) is -4.33. The fourth-order valence-corrected chi connectivity index (χ4v) is 4.04. The van der Waals surface area contributed by atoms with Gasteiger partial charge in [0.15, 0.2) is 0 Å². The van der Waals surface area contributed by atoms with Crippen molar-refractivity contribution >= 4 is 32.5 Å². The van der Waals surface area contributed by atoms with Crippen LogP contribution in [0.5, 0.6) is 5.75 Å². The molecule has 0 fully saturated rings. The molecule has 4 aromatic rings. The van der Waals surface area contributed by atoms with E-state index in [0.29, 0.717) is 23.4 Å². The number of nitrogens with one attached hydrogen (secondary N) is 1. The summed E-state index contributed by atoms with van der Waals surface area (Å²) < 4.78 is 67.6. The number of benzene rings is 4. The topological polar surface area (TPSA) is 72.5 Å². The molecule has 0 saturated heterocycles. The van der Waals surface area contributed by atoms with Gasteiger partial charge in [-0.2, -0.15) is 21.6 Å². The lowest BCUT2D eigenvalue weighted by molar-refractivity contribution is -0.137. The molecule has 0 spiro atoms. The second-order valence-electron chi connectivity index (χ2n) is 7.10. The van der Waals surface area contributed by atoms with E-state index in [1.165, 1.54) is 24.3 Å². The van der Waals surface area contributed by atoms with Gasteiger partial charge in [0.05, 0.1) is 5.56 Å². The summed E-state index contributed by atoms with van der Waals surface area (Å²) in [4.78, 5) is 12.1. The van der Waals surface area contributed by atoms with E-state index in [-0.39, 0.29) is 11.7 Å². The Kier molecular flexibility index (Phi) is 5.82. The summed E-state index contributed by atoms with van der Waals surface area (Å²) >= 11 is 0. The van der Waals surface area contributed by atoms with Crippen LogP contribution in [0, 0.1) is 0 Å². The van der Waals surface area contributed by atoms with Crippen LogP contribution in [-0.4, -0.2) is 14.3 Å². The van der Waals surface area contributed by atoms with Gasteiger partial charge in [0.2, 0.25) is 0 Å². The SMILES string of the molecule is O=C(Nc1ccc(OS(=O)(=O)c2ccc(C(F)(F)F)cc2)cc1)c1ccc2ccccc2c1. The molecule has 5 nitrogen and oxygen atoms in total. The van der Waals surface area contributed by atoms with Crippen LogP contribution < -0.4 is 9.50 Å². The normalized spacial score (nSPS) is 11.8. The van der Waals surface area contributed by atoms with Crippen molar-refractivity contribution in [2.75, 3.05) is 5.32 Å². The van der Waals surface area contributed by atoms with Gasteiger partial charge in [-0.25, -0.2) is 0 Å². The molecule has 4 aromatic carbocycles. The number of halogens is 3. The first-order valence-corrected chi connectivity index (χ1v) is 11.0. The summed E-state index contributed by atoms with van der Waals surface area (Å²) in [5, 5.41) is 4.64. The Labute approximate surface area is 187 Å². The van der Waals surface area contributed by atoms with Crippen LogP contribution in [0.25, 0.3) is 10.8 Å². The predicted octanol–water partition coefficient (Wildman–Crippen LogP) is 5.88. The van der Waals surface area contributed by atoms with Crippen molar-refractivity contribution in [1.29, 1.82) is 0 Å². The number of hydrogen-bond acceptors (Lipinski definition) is 4. The van der Waals surface area contributed by atoms with Gasteiger partial charge >= 0.3 is 16.3 Å². The number of alkyl halides is 3. The predicted molar refractivity (Wildman–Crippen MR) is 118 cm³/mol. The van der Waals surface area contributed by atoms with Gasteiger partial charge in [-0.3, -0.25) is 4.79 Å². The highest BCUT2D eigenvalue weighted by Gasteiger charge is 2.30. The molecular weight excluding hydrogens is 455 g/mol. The lowest BCUT2D eigenvalue weighted by atomic mass is 10.1. The average Bonchev–Trinajstić information content (AvgIpc) is 2.79. The van der Waals surface area contributed by atoms with Crippen molar-refractivity contribution in [1.82, 2.24) is 0 Å². The van der Waals surface area contributed by atoms with Gasteiger partial charge in [0.1, 0.15) is 10.6 Å². The lowest BCUT2D eigenvalue weighted by Crippen LogP contribution is -2.12. The van der Waals surface area contributed by atoms with Crippen molar-refractivity contribution in [3.8, 4) is 5.75 Å². The number of carbonyl (C=O) groups excluding carboxylic acids is 1.